The van der Waals surface area contributed by atoms with Crippen LogP contribution in [0.2, 0.25) is 0 Å². The number of rotatable bonds is 4. The number of nitrogens with zero attached hydrogens (tertiary/aromatic N) is 1. The van der Waals surface area contributed by atoms with Crippen LogP contribution in [-0.4, -0.2) is 42.4 Å². The Bertz CT molecular complexity index is 573. The van der Waals surface area contributed by atoms with Crippen molar-refractivity contribution in [1.82, 2.24) is 4.90 Å². The van der Waals surface area contributed by atoms with E-state index in [1.165, 1.54) is 4.90 Å². The highest BCUT2D eigenvalue weighted by molar-refractivity contribution is 5.90. The number of benzene rings is 1. The molecule has 21 heavy (non-hydrogen) atoms. The number of carboxylic acids is 1. The maximum Gasteiger partial charge on any atom is 0.321 e. The molecule has 7 heteroatoms. The van der Waals surface area contributed by atoms with E-state index in [0.717, 1.165) is 5.56 Å². The third kappa shape index (κ3) is 3.36. The monoisotopic (exact) mass is 294 g/mol. The summed E-state index contributed by atoms with van der Waals surface area (Å²) in [6.45, 7) is 3.70. The van der Waals surface area contributed by atoms with Gasteiger partial charge in [-0.3, -0.25) is 4.79 Å². The molecule has 1 atom stereocenters. The van der Waals surface area contributed by atoms with E-state index in [1.807, 2.05) is 6.92 Å². The fraction of sp³-hybridized carbons (Fsp3) is 0.429. The normalized spacial score (nSPS) is 13.7. The molecule has 0 aliphatic carbocycles. The molecule has 0 spiro atoms. The van der Waals surface area contributed by atoms with Crippen LogP contribution >= 0.6 is 0 Å². The van der Waals surface area contributed by atoms with Crippen molar-refractivity contribution in [3.8, 4) is 11.5 Å². The van der Waals surface area contributed by atoms with Gasteiger partial charge in [0.1, 0.15) is 0 Å². The summed E-state index contributed by atoms with van der Waals surface area (Å²) in [4.78, 5) is 24.2. The quantitative estimate of drug-likeness (QED) is 0.885. The number of carbonyl (C=O) groups is 2. The summed E-state index contributed by atoms with van der Waals surface area (Å²) in [7, 11) is 1.55. The Morgan fingerprint density at radius 2 is 2.00 bits per heavy atom. The van der Waals surface area contributed by atoms with Gasteiger partial charge in [-0.25, -0.2) is 4.79 Å². The number of carbonyl (C=O) groups excluding carboxylic acids is 1. The van der Waals surface area contributed by atoms with Gasteiger partial charge in [-0.2, -0.15) is 0 Å². The molecule has 1 aromatic carbocycles. The van der Waals surface area contributed by atoms with E-state index in [4.69, 9.17) is 14.6 Å². The number of amides is 2. The lowest BCUT2D eigenvalue weighted by Crippen LogP contribution is -2.36. The summed E-state index contributed by atoms with van der Waals surface area (Å²) in [5.74, 6) is -0.330. The Hall–Kier alpha value is -2.44. The van der Waals surface area contributed by atoms with Gasteiger partial charge in [0, 0.05) is 25.3 Å². The number of fused-ring (bicyclic) bond motifs is 1. The zero-order valence-electron chi connectivity index (χ0n) is 12.2. The van der Waals surface area contributed by atoms with E-state index in [2.05, 4.69) is 5.32 Å². The lowest BCUT2D eigenvalue weighted by Gasteiger charge is -2.20. The molecule has 2 N–H and O–H groups in total. The first-order valence-corrected chi connectivity index (χ1v) is 6.53. The van der Waals surface area contributed by atoms with Crippen molar-refractivity contribution >= 4 is 17.7 Å². The Morgan fingerprint density at radius 1 is 1.38 bits per heavy atom. The van der Waals surface area contributed by atoms with Crippen LogP contribution in [0.5, 0.6) is 11.5 Å². The van der Waals surface area contributed by atoms with Crippen LogP contribution < -0.4 is 14.8 Å². The third-order valence-electron chi connectivity index (χ3n) is 3.28. The Labute approximate surface area is 122 Å². The average Bonchev–Trinajstić information content (AvgIpc) is 2.85. The number of hydrogen-bond acceptors (Lipinski definition) is 4. The van der Waals surface area contributed by atoms with Gasteiger partial charge in [-0.15, -0.1) is 0 Å². The minimum Gasteiger partial charge on any atom is -0.481 e. The Morgan fingerprint density at radius 3 is 2.62 bits per heavy atom. The highest BCUT2D eigenvalue weighted by Gasteiger charge is 2.20. The molecule has 0 fully saturated rings. The van der Waals surface area contributed by atoms with Crippen LogP contribution in [0, 0.1) is 12.8 Å². The van der Waals surface area contributed by atoms with Crippen molar-refractivity contribution in [2.24, 2.45) is 5.92 Å². The lowest BCUT2D eigenvalue weighted by molar-refractivity contribution is -0.141. The highest BCUT2D eigenvalue weighted by Crippen LogP contribution is 2.36. The van der Waals surface area contributed by atoms with Crippen molar-refractivity contribution in [3.63, 3.8) is 0 Å². The van der Waals surface area contributed by atoms with Crippen LogP contribution in [0.15, 0.2) is 12.1 Å². The zero-order valence-corrected chi connectivity index (χ0v) is 12.2. The summed E-state index contributed by atoms with van der Waals surface area (Å²) in [5, 5.41) is 11.6. The van der Waals surface area contributed by atoms with Crippen LogP contribution in [0.25, 0.3) is 0 Å². The summed E-state index contributed by atoms with van der Waals surface area (Å²) >= 11 is 0. The zero-order chi connectivity index (χ0) is 15.6. The van der Waals surface area contributed by atoms with Crippen molar-refractivity contribution in [3.05, 3.63) is 17.7 Å². The number of aryl methyl sites for hydroxylation is 1. The standard InChI is InChI=1S/C14H18N2O5/c1-8-4-11-12(21-7-20-11)5-10(8)15-14(19)16(3)6-9(2)13(17)18/h4-5,9H,6-7H2,1-3H3,(H,15,19)(H,17,18). The highest BCUT2D eigenvalue weighted by atomic mass is 16.7. The van der Waals surface area contributed by atoms with Crippen molar-refractivity contribution in [2.75, 3.05) is 25.7 Å². The summed E-state index contributed by atoms with van der Waals surface area (Å²) in [6, 6.07) is 3.12. The topological polar surface area (TPSA) is 88.1 Å². The van der Waals surface area contributed by atoms with Crippen LogP contribution in [0.1, 0.15) is 12.5 Å². The average molecular weight is 294 g/mol. The maximum absolute atomic E-state index is 12.1. The number of urea groups is 1. The SMILES string of the molecule is Cc1cc2c(cc1NC(=O)N(C)CC(C)C(=O)O)OCO2. The minimum absolute atomic E-state index is 0.130. The van der Waals surface area contributed by atoms with Crippen LogP contribution in [-0.2, 0) is 4.79 Å². The van der Waals surface area contributed by atoms with Gasteiger partial charge in [0.15, 0.2) is 11.5 Å². The van der Waals surface area contributed by atoms with Gasteiger partial charge in [0.05, 0.1) is 5.92 Å². The van der Waals surface area contributed by atoms with E-state index in [-0.39, 0.29) is 19.4 Å². The van der Waals surface area contributed by atoms with E-state index in [1.54, 1.807) is 26.1 Å². The first-order chi connectivity index (χ1) is 9.88. The Kier molecular flexibility index (Phi) is 4.21. The predicted octanol–water partition coefficient (Wildman–Crippen LogP) is 1.91. The number of aliphatic carboxylic acids is 1. The molecule has 1 aliphatic rings. The van der Waals surface area contributed by atoms with E-state index in [9.17, 15) is 9.59 Å². The van der Waals surface area contributed by atoms with E-state index < -0.39 is 11.9 Å². The fourth-order valence-corrected chi connectivity index (χ4v) is 1.96. The molecule has 1 aliphatic heterocycles. The first kappa shape index (κ1) is 15.0. The second kappa shape index (κ2) is 5.90. The predicted molar refractivity (Wildman–Crippen MR) is 75.8 cm³/mol. The third-order valence-corrected chi connectivity index (χ3v) is 3.28. The van der Waals surface area contributed by atoms with E-state index >= 15 is 0 Å². The van der Waals surface area contributed by atoms with Gasteiger partial charge >= 0.3 is 12.0 Å². The van der Waals surface area contributed by atoms with E-state index in [0.29, 0.717) is 17.2 Å². The van der Waals surface area contributed by atoms with Gasteiger partial charge in [-0.05, 0) is 18.6 Å². The molecule has 0 aromatic heterocycles. The lowest BCUT2D eigenvalue weighted by atomic mass is 10.1. The molecule has 1 heterocycles. The van der Waals surface area contributed by atoms with Gasteiger partial charge in [-0.1, -0.05) is 6.92 Å². The second-order valence-electron chi connectivity index (χ2n) is 5.07. The van der Waals surface area contributed by atoms with Crippen molar-refractivity contribution < 1.29 is 24.2 Å². The molecular formula is C14H18N2O5. The largest absolute Gasteiger partial charge is 0.481 e. The smallest absolute Gasteiger partial charge is 0.321 e. The van der Waals surface area contributed by atoms with Crippen LogP contribution in [0.3, 0.4) is 0 Å². The summed E-state index contributed by atoms with van der Waals surface area (Å²) in [6.07, 6.45) is 0. The molecule has 7 nitrogen and oxygen atoms in total. The molecule has 0 bridgehead atoms. The number of nitrogens with one attached hydrogen (secondary N) is 1. The molecule has 2 amide bonds. The molecule has 0 saturated heterocycles. The number of ether oxygens (including phenoxy) is 2. The molecule has 1 unspecified atom stereocenters. The number of anilines is 1. The molecule has 114 valence electrons. The summed E-state index contributed by atoms with van der Waals surface area (Å²) in [5.41, 5.74) is 1.45. The van der Waals surface area contributed by atoms with Crippen LogP contribution in [0.4, 0.5) is 10.5 Å². The van der Waals surface area contributed by atoms with Gasteiger partial charge in [0.2, 0.25) is 6.79 Å². The Balaban J connectivity index is 2.04. The number of carboxylic acid groups (broad SMARTS) is 1. The molecular weight excluding hydrogens is 276 g/mol. The van der Waals surface area contributed by atoms with Gasteiger partial charge < -0.3 is 24.8 Å². The second-order valence-corrected chi connectivity index (χ2v) is 5.07. The maximum atomic E-state index is 12.1. The molecule has 0 radical (unpaired) electrons. The van der Waals surface area contributed by atoms with Crippen molar-refractivity contribution in [1.29, 1.82) is 0 Å². The summed E-state index contributed by atoms with van der Waals surface area (Å²) < 4.78 is 10.5. The first-order valence-electron chi connectivity index (χ1n) is 6.53. The van der Waals surface area contributed by atoms with Gasteiger partial charge in [0.25, 0.3) is 0 Å². The molecule has 2 rings (SSSR count). The number of hydrogen-bond donors (Lipinski definition) is 2. The minimum atomic E-state index is -0.936. The fourth-order valence-electron chi connectivity index (χ4n) is 1.96. The molecule has 1 aromatic rings. The molecule has 0 saturated carbocycles. The van der Waals surface area contributed by atoms with Crippen molar-refractivity contribution in [2.45, 2.75) is 13.8 Å².